The number of aliphatic carboxylic acids is 1. The lowest BCUT2D eigenvalue weighted by atomic mass is 9.91. The van der Waals surface area contributed by atoms with Gasteiger partial charge in [0, 0.05) is 43.3 Å². The minimum atomic E-state index is -0.862. The van der Waals surface area contributed by atoms with E-state index >= 15 is 0 Å². The Balaban J connectivity index is 1.58. The Kier molecular flexibility index (Phi) is 7.51. The van der Waals surface area contributed by atoms with E-state index in [1.54, 1.807) is 14.2 Å². The summed E-state index contributed by atoms with van der Waals surface area (Å²) in [7, 11) is 3.18. The lowest BCUT2D eigenvalue weighted by Crippen LogP contribution is -2.28. The number of ether oxygens (including phenoxy) is 4. The van der Waals surface area contributed by atoms with Crippen LogP contribution in [0.3, 0.4) is 0 Å². The maximum atomic E-state index is 11.5. The summed E-state index contributed by atoms with van der Waals surface area (Å²) >= 11 is 0. The van der Waals surface area contributed by atoms with Gasteiger partial charge in [-0.3, -0.25) is 4.79 Å². The molecule has 2 atom stereocenters. The highest BCUT2D eigenvalue weighted by Gasteiger charge is 2.32. The van der Waals surface area contributed by atoms with Crippen molar-refractivity contribution in [1.29, 1.82) is 0 Å². The van der Waals surface area contributed by atoms with E-state index < -0.39 is 18.4 Å². The molecule has 2 heterocycles. The normalized spacial score (nSPS) is 14.5. The van der Waals surface area contributed by atoms with Crippen LogP contribution in [0, 0.1) is 12.8 Å². The van der Waals surface area contributed by atoms with Gasteiger partial charge in [-0.05, 0) is 54.8 Å². The third-order valence-electron chi connectivity index (χ3n) is 6.31. The van der Waals surface area contributed by atoms with E-state index in [4.69, 9.17) is 24.1 Å². The lowest BCUT2D eigenvalue weighted by molar-refractivity contribution is -0.136. The van der Waals surface area contributed by atoms with Gasteiger partial charge in [0.1, 0.15) is 11.5 Å². The molecule has 0 bridgehead atoms. The predicted octanol–water partition coefficient (Wildman–Crippen LogP) is 4.37. The number of carboxylic acids is 1. The van der Waals surface area contributed by atoms with Crippen molar-refractivity contribution in [3.8, 4) is 23.0 Å². The first-order valence-electron chi connectivity index (χ1n) is 11.6. The summed E-state index contributed by atoms with van der Waals surface area (Å²) in [6.45, 7) is 2.38. The number of hydrogen-bond donors (Lipinski definition) is 2. The van der Waals surface area contributed by atoms with E-state index in [-0.39, 0.29) is 12.3 Å². The topological polar surface area (TPSA) is 99.4 Å². The summed E-state index contributed by atoms with van der Waals surface area (Å²) in [5.74, 6) is 1.52. The first-order valence-corrected chi connectivity index (χ1v) is 11.6. The smallest absolute Gasteiger partial charge is 0.303 e. The van der Waals surface area contributed by atoms with Gasteiger partial charge in [0.2, 0.25) is 6.29 Å². The number of fused-ring (bicyclic) bond motifs is 1. The maximum Gasteiger partial charge on any atom is 0.303 e. The Labute approximate surface area is 204 Å². The summed E-state index contributed by atoms with van der Waals surface area (Å²) < 4.78 is 24.9. The summed E-state index contributed by atoms with van der Waals surface area (Å²) in [5.41, 5.74) is 2.46. The Morgan fingerprint density at radius 3 is 2.29 bits per heavy atom. The molecule has 3 aromatic rings. The second-order valence-electron chi connectivity index (χ2n) is 8.71. The zero-order chi connectivity index (χ0) is 24.9. The molecule has 0 spiro atoms. The molecular formula is C27H31NO7. The number of para-hydroxylation sites is 2. The Bertz CT molecular complexity index is 1120. The second-order valence-corrected chi connectivity index (χ2v) is 8.71. The largest absolute Gasteiger partial charge is 0.496 e. The molecule has 186 valence electrons. The highest BCUT2D eigenvalue weighted by molar-refractivity contribution is 5.67. The molecular weight excluding hydrogens is 450 g/mol. The van der Waals surface area contributed by atoms with Gasteiger partial charge in [-0.1, -0.05) is 12.1 Å². The summed E-state index contributed by atoms with van der Waals surface area (Å²) in [6.07, 6.45) is 3.37. The van der Waals surface area contributed by atoms with Crippen LogP contribution in [0.15, 0.2) is 54.9 Å². The SMILES string of the molecule is COc1cc([C@@H](O)[C@@H](CC2Oc3ccccc3O2)Cn2ccc(CCC(=O)O)c2)cc(OC)c1C. The number of methoxy groups -OCH3 is 2. The van der Waals surface area contributed by atoms with E-state index in [2.05, 4.69) is 0 Å². The van der Waals surface area contributed by atoms with Gasteiger partial charge in [-0.15, -0.1) is 0 Å². The standard InChI is InChI=1S/C27H31NO7/c1-17-23(32-2)12-19(13-24(17)33-3)27(31)20(14-26-34-21-6-4-5-7-22(21)35-26)16-28-11-10-18(15-28)8-9-25(29)30/h4-7,10-13,15,20,26-27,31H,8-9,14,16H2,1-3H3,(H,29,30)/t20-,27+/m0/s1. The van der Waals surface area contributed by atoms with Crippen LogP contribution in [0.25, 0.3) is 0 Å². The van der Waals surface area contributed by atoms with Crippen molar-refractivity contribution < 1.29 is 34.0 Å². The van der Waals surface area contributed by atoms with Crippen LogP contribution < -0.4 is 18.9 Å². The van der Waals surface area contributed by atoms with Crippen molar-refractivity contribution in [2.75, 3.05) is 14.2 Å². The fraction of sp³-hybridized carbons (Fsp3) is 0.370. The molecule has 8 heteroatoms. The quantitative estimate of drug-likeness (QED) is 0.420. The number of hydrogen-bond acceptors (Lipinski definition) is 6. The van der Waals surface area contributed by atoms with E-state index in [0.717, 1.165) is 11.1 Å². The van der Waals surface area contributed by atoms with Gasteiger partial charge in [0.05, 0.1) is 20.3 Å². The zero-order valence-corrected chi connectivity index (χ0v) is 20.1. The summed E-state index contributed by atoms with van der Waals surface area (Å²) in [5, 5.41) is 20.5. The molecule has 0 radical (unpaired) electrons. The van der Waals surface area contributed by atoms with Crippen molar-refractivity contribution in [3.05, 3.63) is 71.5 Å². The Morgan fingerprint density at radius 1 is 1.09 bits per heavy atom. The van der Waals surface area contributed by atoms with Gasteiger partial charge in [0.25, 0.3) is 0 Å². The predicted molar refractivity (Wildman–Crippen MR) is 129 cm³/mol. The number of aliphatic hydroxyl groups is 1. The van der Waals surface area contributed by atoms with Crippen molar-refractivity contribution in [2.45, 2.75) is 45.1 Å². The van der Waals surface area contributed by atoms with Gasteiger partial charge in [-0.25, -0.2) is 0 Å². The van der Waals surface area contributed by atoms with Gasteiger partial charge in [-0.2, -0.15) is 0 Å². The van der Waals surface area contributed by atoms with Crippen LogP contribution in [0.4, 0.5) is 0 Å². The molecule has 0 saturated carbocycles. The molecule has 1 aliphatic heterocycles. The third-order valence-corrected chi connectivity index (χ3v) is 6.31. The van der Waals surface area contributed by atoms with E-state index in [1.807, 2.05) is 66.3 Å². The fourth-order valence-corrected chi connectivity index (χ4v) is 4.42. The summed E-state index contributed by atoms with van der Waals surface area (Å²) in [6, 6.07) is 13.1. The van der Waals surface area contributed by atoms with Crippen molar-refractivity contribution in [1.82, 2.24) is 4.57 Å². The van der Waals surface area contributed by atoms with E-state index in [9.17, 15) is 9.90 Å². The van der Waals surface area contributed by atoms with E-state index in [0.29, 0.717) is 47.9 Å². The molecule has 2 aromatic carbocycles. The summed E-state index contributed by atoms with van der Waals surface area (Å²) in [4.78, 5) is 10.9. The van der Waals surface area contributed by atoms with Crippen molar-refractivity contribution >= 4 is 5.97 Å². The highest BCUT2D eigenvalue weighted by atomic mass is 16.7. The maximum absolute atomic E-state index is 11.5. The minimum Gasteiger partial charge on any atom is -0.496 e. The molecule has 1 aromatic heterocycles. The number of rotatable bonds is 11. The number of nitrogens with zero attached hydrogens (tertiary/aromatic N) is 1. The van der Waals surface area contributed by atoms with Crippen LogP contribution in [0.2, 0.25) is 0 Å². The average molecular weight is 482 g/mol. The number of aliphatic hydroxyl groups excluding tert-OH is 1. The molecule has 0 aliphatic carbocycles. The molecule has 2 N–H and O–H groups in total. The molecule has 1 aliphatic rings. The molecule has 8 nitrogen and oxygen atoms in total. The van der Waals surface area contributed by atoms with Crippen LogP contribution in [-0.4, -0.2) is 41.3 Å². The molecule has 35 heavy (non-hydrogen) atoms. The van der Waals surface area contributed by atoms with Crippen LogP contribution in [-0.2, 0) is 17.8 Å². The number of carbonyl (C=O) groups is 1. The fourth-order valence-electron chi connectivity index (χ4n) is 4.42. The van der Waals surface area contributed by atoms with Crippen molar-refractivity contribution in [3.63, 3.8) is 0 Å². The third kappa shape index (κ3) is 5.71. The second kappa shape index (κ2) is 10.7. The first kappa shape index (κ1) is 24.5. The molecule has 4 rings (SSSR count). The van der Waals surface area contributed by atoms with Gasteiger partial charge in [0.15, 0.2) is 11.5 Å². The zero-order valence-electron chi connectivity index (χ0n) is 20.1. The number of aryl methyl sites for hydroxylation is 1. The first-order chi connectivity index (χ1) is 16.9. The molecule has 0 unspecified atom stereocenters. The van der Waals surface area contributed by atoms with Gasteiger partial charge >= 0.3 is 5.97 Å². The minimum absolute atomic E-state index is 0.0705. The van der Waals surface area contributed by atoms with E-state index in [1.165, 1.54) is 0 Å². The number of benzene rings is 2. The van der Waals surface area contributed by atoms with Crippen LogP contribution in [0.1, 0.15) is 35.6 Å². The number of carboxylic acid groups (broad SMARTS) is 1. The van der Waals surface area contributed by atoms with Gasteiger partial charge < -0.3 is 33.7 Å². The molecule has 0 fully saturated rings. The monoisotopic (exact) mass is 481 g/mol. The molecule has 0 saturated heterocycles. The number of aromatic nitrogens is 1. The Hall–Kier alpha value is -3.65. The Morgan fingerprint density at radius 2 is 1.71 bits per heavy atom. The lowest BCUT2D eigenvalue weighted by Gasteiger charge is -2.27. The molecule has 0 amide bonds. The van der Waals surface area contributed by atoms with Crippen LogP contribution >= 0.6 is 0 Å². The average Bonchev–Trinajstić information content (AvgIpc) is 3.48. The van der Waals surface area contributed by atoms with Crippen LogP contribution in [0.5, 0.6) is 23.0 Å². The van der Waals surface area contributed by atoms with Crippen molar-refractivity contribution in [2.24, 2.45) is 5.92 Å². The highest BCUT2D eigenvalue weighted by Crippen LogP contribution is 2.39.